The summed E-state index contributed by atoms with van der Waals surface area (Å²) in [5.74, 6) is 0.631. The average molecular weight is 227 g/mol. The summed E-state index contributed by atoms with van der Waals surface area (Å²) in [6, 6.07) is 3.49. The minimum Gasteiger partial charge on any atom is -0.495 e. The van der Waals surface area contributed by atoms with Crippen LogP contribution in [0.4, 0.5) is 5.69 Å². The summed E-state index contributed by atoms with van der Waals surface area (Å²) in [6.07, 6.45) is 4.71. The lowest BCUT2D eigenvalue weighted by Crippen LogP contribution is -1.95. The zero-order valence-corrected chi connectivity index (χ0v) is 9.42. The van der Waals surface area contributed by atoms with E-state index in [4.69, 9.17) is 27.8 Å². The van der Waals surface area contributed by atoms with Crippen molar-refractivity contribution in [1.82, 2.24) is 0 Å². The molecule has 0 unspecified atom stereocenters. The van der Waals surface area contributed by atoms with Gasteiger partial charge in [-0.25, -0.2) is 0 Å². The Morgan fingerprint density at radius 1 is 1.47 bits per heavy atom. The van der Waals surface area contributed by atoms with E-state index in [2.05, 4.69) is 0 Å². The summed E-state index contributed by atoms with van der Waals surface area (Å²) in [6.45, 7) is 0.625. The maximum absolute atomic E-state index is 6.02. The van der Waals surface area contributed by atoms with Gasteiger partial charge in [0.1, 0.15) is 5.75 Å². The van der Waals surface area contributed by atoms with Crippen LogP contribution in [0.1, 0.15) is 12.0 Å². The first-order valence-electron chi connectivity index (χ1n) is 4.68. The first-order valence-corrected chi connectivity index (χ1v) is 5.06. The van der Waals surface area contributed by atoms with Gasteiger partial charge in [0.2, 0.25) is 0 Å². The van der Waals surface area contributed by atoms with Crippen molar-refractivity contribution < 1.29 is 4.74 Å². The van der Waals surface area contributed by atoms with E-state index in [0.29, 0.717) is 23.0 Å². The molecule has 0 spiro atoms. The highest BCUT2D eigenvalue weighted by Gasteiger charge is 2.04. The molecule has 1 aromatic carbocycles. The molecule has 0 saturated carbocycles. The number of benzene rings is 1. The number of nitrogen functional groups attached to an aromatic ring is 1. The molecule has 3 nitrogen and oxygen atoms in total. The standard InChI is InChI=1S/C11H15ClN2O/c1-15-11-6-8(4-2-3-5-13)9(12)7-10(11)14/h2,4,6-7H,3,5,13-14H2,1H3. The number of rotatable bonds is 4. The topological polar surface area (TPSA) is 61.3 Å². The maximum Gasteiger partial charge on any atom is 0.142 e. The SMILES string of the molecule is COc1cc(C=CCCN)c(Cl)cc1N. The molecule has 1 rings (SSSR count). The van der Waals surface area contributed by atoms with Crippen LogP contribution in [0.25, 0.3) is 6.08 Å². The van der Waals surface area contributed by atoms with Crippen LogP contribution in [0.15, 0.2) is 18.2 Å². The highest BCUT2D eigenvalue weighted by Crippen LogP contribution is 2.29. The van der Waals surface area contributed by atoms with Crippen molar-refractivity contribution in [2.75, 3.05) is 19.4 Å². The molecule has 4 heteroatoms. The molecule has 0 bridgehead atoms. The third kappa shape index (κ3) is 3.15. The average Bonchev–Trinajstić information content (AvgIpc) is 2.21. The number of ether oxygens (including phenoxy) is 1. The molecule has 0 heterocycles. The molecule has 0 aromatic heterocycles. The Labute approximate surface area is 94.7 Å². The van der Waals surface area contributed by atoms with E-state index in [1.807, 2.05) is 18.2 Å². The summed E-state index contributed by atoms with van der Waals surface area (Å²) in [7, 11) is 1.58. The zero-order valence-electron chi connectivity index (χ0n) is 8.66. The summed E-state index contributed by atoms with van der Waals surface area (Å²) < 4.78 is 5.10. The quantitative estimate of drug-likeness (QED) is 0.775. The molecule has 0 fully saturated rings. The lowest BCUT2D eigenvalue weighted by atomic mass is 10.1. The van der Waals surface area contributed by atoms with Crippen LogP contribution in [-0.2, 0) is 0 Å². The van der Waals surface area contributed by atoms with E-state index in [1.165, 1.54) is 0 Å². The van der Waals surface area contributed by atoms with Gasteiger partial charge in [0, 0.05) is 0 Å². The molecular weight excluding hydrogens is 212 g/mol. The van der Waals surface area contributed by atoms with Crippen molar-refractivity contribution in [2.24, 2.45) is 5.73 Å². The maximum atomic E-state index is 6.02. The number of methoxy groups -OCH3 is 1. The van der Waals surface area contributed by atoms with Crippen LogP contribution < -0.4 is 16.2 Å². The van der Waals surface area contributed by atoms with Gasteiger partial charge in [0.25, 0.3) is 0 Å². The van der Waals surface area contributed by atoms with Gasteiger partial charge in [-0.2, -0.15) is 0 Å². The van der Waals surface area contributed by atoms with Crippen molar-refractivity contribution >= 4 is 23.4 Å². The first kappa shape index (κ1) is 11.9. The minimum absolute atomic E-state index is 0.540. The summed E-state index contributed by atoms with van der Waals surface area (Å²) in [5, 5.41) is 0.613. The highest BCUT2D eigenvalue weighted by molar-refractivity contribution is 6.32. The molecule has 0 saturated heterocycles. The Morgan fingerprint density at radius 3 is 2.80 bits per heavy atom. The molecule has 0 radical (unpaired) electrons. The Balaban J connectivity index is 2.97. The van der Waals surface area contributed by atoms with Crippen LogP contribution in [-0.4, -0.2) is 13.7 Å². The Kier molecular flexibility index (Phi) is 4.46. The van der Waals surface area contributed by atoms with Gasteiger partial charge in [-0.1, -0.05) is 23.8 Å². The Hall–Kier alpha value is -1.19. The lowest BCUT2D eigenvalue weighted by molar-refractivity contribution is 0.417. The van der Waals surface area contributed by atoms with Gasteiger partial charge < -0.3 is 16.2 Å². The monoisotopic (exact) mass is 226 g/mol. The third-order valence-corrected chi connectivity index (χ3v) is 2.31. The van der Waals surface area contributed by atoms with Gasteiger partial charge >= 0.3 is 0 Å². The molecular formula is C11H15ClN2O. The van der Waals surface area contributed by atoms with Gasteiger partial charge in [0.05, 0.1) is 17.8 Å². The fourth-order valence-corrected chi connectivity index (χ4v) is 1.43. The summed E-state index contributed by atoms with van der Waals surface area (Å²) in [5.41, 5.74) is 12.5. The molecule has 0 aliphatic heterocycles. The molecule has 82 valence electrons. The summed E-state index contributed by atoms with van der Waals surface area (Å²) >= 11 is 6.02. The van der Waals surface area contributed by atoms with E-state index in [1.54, 1.807) is 13.2 Å². The van der Waals surface area contributed by atoms with Crippen LogP contribution in [0.3, 0.4) is 0 Å². The number of hydrogen-bond acceptors (Lipinski definition) is 3. The molecule has 1 aromatic rings. The fraction of sp³-hybridized carbons (Fsp3) is 0.273. The number of nitrogens with two attached hydrogens (primary N) is 2. The van der Waals surface area contributed by atoms with Crippen molar-refractivity contribution in [3.8, 4) is 5.75 Å². The van der Waals surface area contributed by atoms with Crippen molar-refractivity contribution in [3.05, 3.63) is 28.8 Å². The van der Waals surface area contributed by atoms with Crippen molar-refractivity contribution in [1.29, 1.82) is 0 Å². The van der Waals surface area contributed by atoms with Gasteiger partial charge in [-0.05, 0) is 30.7 Å². The van der Waals surface area contributed by atoms with E-state index < -0.39 is 0 Å². The molecule has 0 amide bonds. The normalized spacial score (nSPS) is 10.9. The van der Waals surface area contributed by atoms with Crippen LogP contribution >= 0.6 is 11.6 Å². The van der Waals surface area contributed by atoms with Gasteiger partial charge in [0.15, 0.2) is 0 Å². The second-order valence-electron chi connectivity index (χ2n) is 3.10. The van der Waals surface area contributed by atoms with Gasteiger partial charge in [-0.15, -0.1) is 0 Å². The first-order chi connectivity index (χ1) is 7.19. The highest BCUT2D eigenvalue weighted by atomic mass is 35.5. The minimum atomic E-state index is 0.540. The zero-order chi connectivity index (χ0) is 11.3. The van der Waals surface area contributed by atoms with Crippen LogP contribution in [0.2, 0.25) is 5.02 Å². The number of anilines is 1. The molecule has 0 aliphatic carbocycles. The fourth-order valence-electron chi connectivity index (χ4n) is 1.20. The molecule has 15 heavy (non-hydrogen) atoms. The lowest BCUT2D eigenvalue weighted by Gasteiger charge is -2.07. The predicted molar refractivity (Wildman–Crippen MR) is 65.1 cm³/mol. The molecule has 0 atom stereocenters. The van der Waals surface area contributed by atoms with E-state index >= 15 is 0 Å². The Bertz CT molecular complexity index is 364. The van der Waals surface area contributed by atoms with E-state index in [9.17, 15) is 0 Å². The third-order valence-electron chi connectivity index (χ3n) is 1.98. The largest absolute Gasteiger partial charge is 0.495 e. The molecule has 0 aliphatic rings. The molecule has 4 N–H and O–H groups in total. The van der Waals surface area contributed by atoms with Crippen LogP contribution in [0, 0.1) is 0 Å². The predicted octanol–water partition coefficient (Wildman–Crippen LogP) is 2.29. The van der Waals surface area contributed by atoms with E-state index in [-0.39, 0.29) is 0 Å². The van der Waals surface area contributed by atoms with Crippen LogP contribution in [0.5, 0.6) is 5.75 Å². The number of halogens is 1. The second kappa shape index (κ2) is 5.63. The van der Waals surface area contributed by atoms with E-state index in [0.717, 1.165) is 12.0 Å². The van der Waals surface area contributed by atoms with Crippen molar-refractivity contribution in [2.45, 2.75) is 6.42 Å². The number of hydrogen-bond donors (Lipinski definition) is 2. The Morgan fingerprint density at radius 2 is 2.20 bits per heavy atom. The van der Waals surface area contributed by atoms with Gasteiger partial charge in [-0.3, -0.25) is 0 Å². The van der Waals surface area contributed by atoms with Crippen molar-refractivity contribution in [3.63, 3.8) is 0 Å². The smallest absolute Gasteiger partial charge is 0.142 e. The second-order valence-corrected chi connectivity index (χ2v) is 3.50. The summed E-state index contributed by atoms with van der Waals surface area (Å²) in [4.78, 5) is 0.